The van der Waals surface area contributed by atoms with Crippen LogP contribution in [-0.4, -0.2) is 16.7 Å². The van der Waals surface area contributed by atoms with E-state index in [1.165, 1.54) is 0 Å². The minimum absolute atomic E-state index is 0.181. The Morgan fingerprint density at radius 3 is 3.00 bits per heavy atom. The van der Waals surface area contributed by atoms with Gasteiger partial charge in [0.2, 0.25) is 0 Å². The van der Waals surface area contributed by atoms with Gasteiger partial charge in [-0.15, -0.1) is 11.3 Å². The molecule has 0 spiro atoms. The second-order valence-corrected chi connectivity index (χ2v) is 4.03. The van der Waals surface area contributed by atoms with Crippen molar-refractivity contribution in [2.24, 2.45) is 0 Å². The minimum atomic E-state index is 0.181. The highest BCUT2D eigenvalue weighted by molar-refractivity contribution is 9.11. The molecule has 50 valence electrons. The van der Waals surface area contributed by atoms with Crippen LogP contribution in [0.3, 0.4) is 0 Å². The van der Waals surface area contributed by atoms with Gasteiger partial charge in [-0.05, 0) is 15.9 Å². The van der Waals surface area contributed by atoms with Crippen LogP contribution in [0.1, 0.15) is 5.01 Å². The Morgan fingerprint density at radius 1 is 1.78 bits per heavy atom. The highest BCUT2D eigenvalue weighted by atomic mass is 79.9. The van der Waals surface area contributed by atoms with E-state index >= 15 is 0 Å². The van der Waals surface area contributed by atoms with Crippen LogP contribution in [0, 0.1) is 0 Å². The number of aromatic nitrogens is 1. The van der Waals surface area contributed by atoms with Gasteiger partial charge >= 0.3 is 0 Å². The van der Waals surface area contributed by atoms with Gasteiger partial charge in [-0.3, -0.25) is 0 Å². The molecule has 0 aromatic carbocycles. The summed E-state index contributed by atoms with van der Waals surface area (Å²) in [6, 6.07) is 0. The van der Waals surface area contributed by atoms with Crippen molar-refractivity contribution in [3.05, 3.63) is 15.0 Å². The van der Waals surface area contributed by atoms with Crippen molar-refractivity contribution in [1.82, 2.24) is 4.98 Å². The SMILES string of the molecule is OCCc1ncc(Br)s1. The first-order chi connectivity index (χ1) is 4.33. The molecule has 2 nitrogen and oxygen atoms in total. The van der Waals surface area contributed by atoms with Crippen molar-refractivity contribution in [3.63, 3.8) is 0 Å². The number of aliphatic hydroxyl groups is 1. The van der Waals surface area contributed by atoms with Crippen LogP contribution >= 0.6 is 27.3 Å². The summed E-state index contributed by atoms with van der Waals surface area (Å²) < 4.78 is 1.02. The van der Waals surface area contributed by atoms with Gasteiger partial charge in [-0.2, -0.15) is 0 Å². The topological polar surface area (TPSA) is 33.1 Å². The molecule has 0 atom stereocenters. The first-order valence-corrected chi connectivity index (χ1v) is 4.15. The molecule has 0 fully saturated rings. The lowest BCUT2D eigenvalue weighted by Gasteiger charge is -1.84. The molecule has 0 unspecified atom stereocenters. The van der Waals surface area contributed by atoms with Gasteiger partial charge in [0.1, 0.15) is 0 Å². The number of hydrogen-bond donors (Lipinski definition) is 1. The van der Waals surface area contributed by atoms with Crippen LogP contribution in [0.25, 0.3) is 0 Å². The van der Waals surface area contributed by atoms with Crippen molar-refractivity contribution < 1.29 is 5.11 Å². The monoisotopic (exact) mass is 207 g/mol. The highest BCUT2D eigenvalue weighted by Crippen LogP contribution is 2.18. The maximum Gasteiger partial charge on any atom is 0.0959 e. The third kappa shape index (κ3) is 2.04. The molecule has 0 saturated carbocycles. The van der Waals surface area contributed by atoms with E-state index in [1.54, 1.807) is 17.5 Å². The zero-order valence-corrected chi connectivity index (χ0v) is 7.07. The molecular formula is C5H6BrNOS. The van der Waals surface area contributed by atoms with E-state index in [0.717, 1.165) is 8.79 Å². The van der Waals surface area contributed by atoms with Gasteiger partial charge in [0, 0.05) is 13.0 Å². The lowest BCUT2D eigenvalue weighted by molar-refractivity contribution is 0.299. The third-order valence-electron chi connectivity index (χ3n) is 0.851. The maximum atomic E-state index is 8.48. The van der Waals surface area contributed by atoms with Gasteiger partial charge in [-0.1, -0.05) is 0 Å². The second kappa shape index (κ2) is 3.29. The van der Waals surface area contributed by atoms with Crippen LogP contribution in [-0.2, 0) is 6.42 Å². The molecule has 1 N–H and O–H groups in total. The predicted octanol–water partition coefficient (Wildman–Crippen LogP) is 1.44. The smallest absolute Gasteiger partial charge is 0.0959 e. The Kier molecular flexibility index (Phi) is 2.63. The number of thiazole rings is 1. The van der Waals surface area contributed by atoms with E-state index in [1.807, 2.05) is 0 Å². The third-order valence-corrected chi connectivity index (χ3v) is 2.39. The van der Waals surface area contributed by atoms with E-state index in [4.69, 9.17) is 5.11 Å². The Labute approximate surface area is 65.7 Å². The molecule has 9 heavy (non-hydrogen) atoms. The zero-order chi connectivity index (χ0) is 6.69. The molecule has 0 bridgehead atoms. The average molecular weight is 208 g/mol. The molecule has 0 aliphatic heterocycles. The van der Waals surface area contributed by atoms with Crippen molar-refractivity contribution >= 4 is 27.3 Å². The summed E-state index contributed by atoms with van der Waals surface area (Å²) in [6.07, 6.45) is 2.41. The van der Waals surface area contributed by atoms with Gasteiger partial charge < -0.3 is 5.11 Å². The molecule has 0 saturated heterocycles. The second-order valence-electron chi connectivity index (χ2n) is 1.53. The molecule has 1 aromatic heterocycles. The molecule has 4 heteroatoms. The number of rotatable bonds is 2. The van der Waals surface area contributed by atoms with Crippen molar-refractivity contribution in [1.29, 1.82) is 0 Å². The Bertz CT molecular complexity index is 189. The van der Waals surface area contributed by atoms with Gasteiger partial charge in [0.05, 0.1) is 15.0 Å². The van der Waals surface area contributed by atoms with Crippen LogP contribution in [0.5, 0.6) is 0 Å². The molecule has 0 amide bonds. The number of nitrogens with zero attached hydrogens (tertiary/aromatic N) is 1. The summed E-state index contributed by atoms with van der Waals surface area (Å²) in [7, 11) is 0. The van der Waals surface area contributed by atoms with Gasteiger partial charge in [0.15, 0.2) is 0 Å². The van der Waals surface area contributed by atoms with Crippen molar-refractivity contribution in [2.45, 2.75) is 6.42 Å². The molecule has 0 radical (unpaired) electrons. The lowest BCUT2D eigenvalue weighted by atomic mass is 10.5. The molecule has 0 aliphatic rings. The summed E-state index contributed by atoms with van der Waals surface area (Å²) in [5.41, 5.74) is 0. The zero-order valence-electron chi connectivity index (χ0n) is 4.67. The maximum absolute atomic E-state index is 8.48. The number of aliphatic hydroxyl groups excluding tert-OH is 1. The van der Waals surface area contributed by atoms with Crippen LogP contribution in [0.4, 0.5) is 0 Å². The predicted molar refractivity (Wildman–Crippen MR) is 40.6 cm³/mol. The lowest BCUT2D eigenvalue weighted by Crippen LogP contribution is -1.87. The molecule has 1 rings (SSSR count). The van der Waals surface area contributed by atoms with Gasteiger partial charge in [-0.25, -0.2) is 4.98 Å². The number of halogens is 1. The minimum Gasteiger partial charge on any atom is -0.396 e. The normalized spacial score (nSPS) is 10.0. The van der Waals surface area contributed by atoms with E-state index in [-0.39, 0.29) is 6.61 Å². The molecular weight excluding hydrogens is 202 g/mol. The standard InChI is InChI=1S/C5H6BrNOS/c6-4-3-7-5(9-4)1-2-8/h3,8H,1-2H2. The summed E-state index contributed by atoms with van der Waals surface area (Å²) in [5.74, 6) is 0. The first-order valence-electron chi connectivity index (χ1n) is 2.54. The van der Waals surface area contributed by atoms with E-state index < -0.39 is 0 Å². The van der Waals surface area contributed by atoms with Crippen LogP contribution in [0.15, 0.2) is 9.98 Å². The molecule has 1 heterocycles. The Hall–Kier alpha value is 0.0700. The fourth-order valence-corrected chi connectivity index (χ4v) is 1.79. The Balaban J connectivity index is 2.61. The fourth-order valence-electron chi connectivity index (χ4n) is 0.499. The first kappa shape index (κ1) is 7.18. The summed E-state index contributed by atoms with van der Waals surface area (Å²) in [5, 5.41) is 9.46. The summed E-state index contributed by atoms with van der Waals surface area (Å²) in [6.45, 7) is 0.181. The van der Waals surface area contributed by atoms with Crippen LogP contribution < -0.4 is 0 Å². The average Bonchev–Trinajstić information content (AvgIpc) is 2.17. The number of hydrogen-bond acceptors (Lipinski definition) is 3. The molecule has 0 aliphatic carbocycles. The van der Waals surface area contributed by atoms with E-state index in [9.17, 15) is 0 Å². The van der Waals surface area contributed by atoms with E-state index in [2.05, 4.69) is 20.9 Å². The fraction of sp³-hybridized carbons (Fsp3) is 0.400. The highest BCUT2D eigenvalue weighted by Gasteiger charge is 1.96. The summed E-state index contributed by atoms with van der Waals surface area (Å²) >= 11 is 4.83. The van der Waals surface area contributed by atoms with E-state index in [0.29, 0.717) is 6.42 Å². The van der Waals surface area contributed by atoms with Crippen molar-refractivity contribution in [2.75, 3.05) is 6.61 Å². The van der Waals surface area contributed by atoms with Crippen molar-refractivity contribution in [3.8, 4) is 0 Å². The Morgan fingerprint density at radius 2 is 2.56 bits per heavy atom. The summed E-state index contributed by atoms with van der Waals surface area (Å²) in [4.78, 5) is 4.02. The molecule has 1 aromatic rings. The van der Waals surface area contributed by atoms with Crippen LogP contribution in [0.2, 0.25) is 0 Å². The van der Waals surface area contributed by atoms with Gasteiger partial charge in [0.25, 0.3) is 0 Å². The quantitative estimate of drug-likeness (QED) is 0.797. The largest absolute Gasteiger partial charge is 0.396 e.